The van der Waals surface area contributed by atoms with Crippen LogP contribution >= 0.6 is 0 Å². The van der Waals surface area contributed by atoms with Gasteiger partial charge in [0.25, 0.3) is 0 Å². The fourth-order valence-electron chi connectivity index (χ4n) is 2.00. The van der Waals surface area contributed by atoms with E-state index in [1.807, 2.05) is 30.3 Å². The molecule has 0 aliphatic heterocycles. The number of aliphatic carboxylic acids is 1. The number of carbonyl (C=O) groups is 1. The van der Waals surface area contributed by atoms with E-state index in [1.165, 1.54) is 51.9 Å². The van der Waals surface area contributed by atoms with Crippen LogP contribution in [-0.4, -0.2) is 30.9 Å². The van der Waals surface area contributed by atoms with Crippen LogP contribution in [0.5, 0.6) is 5.75 Å². The van der Waals surface area contributed by atoms with Crippen LogP contribution in [0.25, 0.3) is 0 Å². The van der Waals surface area contributed by atoms with Gasteiger partial charge < -0.3 is 14.6 Å². The van der Waals surface area contributed by atoms with Gasteiger partial charge in [-0.3, -0.25) is 0 Å². The first-order valence-corrected chi connectivity index (χ1v) is 9.22. The number of unbranched alkanes of at least 4 members (excludes halogenated alkanes) is 6. The minimum Gasteiger partial charge on any atom is -0.491 e. The number of rotatable bonds is 13. The summed E-state index contributed by atoms with van der Waals surface area (Å²) in [5.74, 6) is -0.0166. The minimum atomic E-state index is -0.935. The molecule has 4 nitrogen and oxygen atoms in total. The summed E-state index contributed by atoms with van der Waals surface area (Å²) in [6, 6.07) is 9.89. The summed E-state index contributed by atoms with van der Waals surface area (Å²) in [5, 5.41) is 7.89. The summed E-state index contributed by atoms with van der Waals surface area (Å²) < 4.78 is 11.1. The molecule has 1 rings (SSSR count). The second kappa shape index (κ2) is 17.0. The molecule has 1 aromatic carbocycles. The third-order valence-corrected chi connectivity index (χ3v) is 3.50. The number of ether oxygens (including phenoxy) is 2. The normalized spacial score (nSPS) is 9.84. The van der Waals surface area contributed by atoms with Crippen molar-refractivity contribution in [3.05, 3.63) is 42.5 Å². The van der Waals surface area contributed by atoms with E-state index < -0.39 is 5.97 Å². The molecule has 0 fully saturated rings. The van der Waals surface area contributed by atoms with Crippen LogP contribution in [0.1, 0.15) is 58.8 Å². The maximum absolute atomic E-state index is 9.60. The molecule has 4 heteroatoms. The van der Waals surface area contributed by atoms with Crippen LogP contribution in [0.4, 0.5) is 0 Å². The lowest BCUT2D eigenvalue weighted by molar-refractivity contribution is -0.132. The van der Waals surface area contributed by atoms with E-state index in [9.17, 15) is 4.79 Å². The molecule has 0 aromatic heterocycles. The van der Waals surface area contributed by atoms with Gasteiger partial charge in [-0.1, -0.05) is 70.2 Å². The average molecular weight is 350 g/mol. The van der Waals surface area contributed by atoms with Gasteiger partial charge in [0.05, 0.1) is 6.61 Å². The van der Waals surface area contributed by atoms with Crippen LogP contribution in [0, 0.1) is 0 Å². The molecule has 0 saturated heterocycles. The molecule has 0 saturated carbocycles. The number of benzene rings is 1. The fraction of sp³-hybridized carbons (Fsp3) is 0.571. The highest BCUT2D eigenvalue weighted by atomic mass is 16.5. The average Bonchev–Trinajstić information content (AvgIpc) is 2.61. The summed E-state index contributed by atoms with van der Waals surface area (Å²) in [7, 11) is 0. The van der Waals surface area contributed by atoms with Crippen molar-refractivity contribution in [3.8, 4) is 5.75 Å². The summed E-state index contributed by atoms with van der Waals surface area (Å²) in [6.45, 7) is 9.05. The zero-order valence-corrected chi connectivity index (χ0v) is 15.8. The van der Waals surface area contributed by atoms with Gasteiger partial charge in [-0.05, 0) is 25.5 Å². The topological polar surface area (TPSA) is 55.8 Å². The number of para-hydroxylation sites is 1. The Bertz CT molecular complexity index is 430. The number of carboxylic acid groups (broad SMARTS) is 1. The second-order valence-electron chi connectivity index (χ2n) is 5.98. The maximum Gasteiger partial charge on any atom is 0.330 e. The fourth-order valence-corrected chi connectivity index (χ4v) is 2.00. The molecule has 0 atom stereocenters. The third kappa shape index (κ3) is 16.8. The van der Waals surface area contributed by atoms with Gasteiger partial charge in [0.1, 0.15) is 12.4 Å². The predicted octanol–water partition coefficient (Wildman–Crippen LogP) is 5.48. The molecule has 0 unspecified atom stereocenters. The first kappa shape index (κ1) is 23.2. The Hall–Kier alpha value is -1.81. The predicted molar refractivity (Wildman–Crippen MR) is 103 cm³/mol. The molecule has 1 aromatic rings. The molecule has 25 heavy (non-hydrogen) atoms. The maximum atomic E-state index is 9.60. The summed E-state index contributed by atoms with van der Waals surface area (Å²) in [6.07, 6.45) is 9.30. The number of hydrogen-bond donors (Lipinski definition) is 1. The van der Waals surface area contributed by atoms with Crippen LogP contribution < -0.4 is 4.74 Å². The van der Waals surface area contributed by atoms with Crippen molar-refractivity contribution in [3.63, 3.8) is 0 Å². The largest absolute Gasteiger partial charge is 0.491 e. The number of carboxylic acids is 1. The Kier molecular flexibility index (Phi) is 15.8. The van der Waals surface area contributed by atoms with Crippen LogP contribution in [0.3, 0.4) is 0 Å². The van der Waals surface area contributed by atoms with Gasteiger partial charge >= 0.3 is 5.97 Å². The van der Waals surface area contributed by atoms with Crippen molar-refractivity contribution < 1.29 is 19.4 Å². The van der Waals surface area contributed by atoms with E-state index in [0.29, 0.717) is 13.2 Å². The van der Waals surface area contributed by atoms with Gasteiger partial charge in [-0.2, -0.15) is 0 Å². The Morgan fingerprint density at radius 2 is 1.52 bits per heavy atom. The Morgan fingerprint density at radius 3 is 2.08 bits per heavy atom. The lowest BCUT2D eigenvalue weighted by Crippen LogP contribution is -2.07. The molecular weight excluding hydrogens is 316 g/mol. The first-order valence-electron chi connectivity index (χ1n) is 9.22. The first-order chi connectivity index (χ1) is 12.1. The van der Waals surface area contributed by atoms with Crippen LogP contribution in [0.15, 0.2) is 42.5 Å². The van der Waals surface area contributed by atoms with Crippen molar-refractivity contribution in [1.82, 2.24) is 0 Å². The van der Waals surface area contributed by atoms with Crippen molar-refractivity contribution in [1.29, 1.82) is 0 Å². The van der Waals surface area contributed by atoms with Crippen LogP contribution in [-0.2, 0) is 9.53 Å². The lowest BCUT2D eigenvalue weighted by atomic mass is 10.1. The van der Waals surface area contributed by atoms with E-state index in [1.54, 1.807) is 0 Å². The molecule has 0 aliphatic carbocycles. The smallest absolute Gasteiger partial charge is 0.330 e. The molecule has 0 radical (unpaired) electrons. The van der Waals surface area contributed by atoms with E-state index in [-0.39, 0.29) is 5.57 Å². The molecule has 0 bridgehead atoms. The monoisotopic (exact) mass is 350 g/mol. The molecule has 0 aliphatic rings. The van der Waals surface area contributed by atoms with Gasteiger partial charge in [-0.15, -0.1) is 0 Å². The summed E-state index contributed by atoms with van der Waals surface area (Å²) >= 11 is 0. The second-order valence-corrected chi connectivity index (χ2v) is 5.98. The van der Waals surface area contributed by atoms with E-state index in [2.05, 4.69) is 13.5 Å². The Labute approximate surface area is 152 Å². The highest BCUT2D eigenvalue weighted by Gasteiger charge is 1.94. The minimum absolute atomic E-state index is 0.176. The van der Waals surface area contributed by atoms with E-state index >= 15 is 0 Å². The Morgan fingerprint density at radius 1 is 0.960 bits per heavy atom. The SMILES string of the molecule is C=C(C)C(=O)O.CCCCCCCCCOCCOc1ccccc1. The van der Waals surface area contributed by atoms with Crippen molar-refractivity contribution in [2.75, 3.05) is 19.8 Å². The van der Waals surface area contributed by atoms with Gasteiger partial charge in [-0.25, -0.2) is 4.79 Å². The molecular formula is C21H34O4. The molecule has 142 valence electrons. The van der Waals surface area contributed by atoms with Gasteiger partial charge in [0.15, 0.2) is 0 Å². The highest BCUT2D eigenvalue weighted by Crippen LogP contribution is 2.08. The standard InChI is InChI=1S/C17H28O2.C4H6O2/c1-2-3-4-5-6-7-11-14-18-15-16-19-17-12-9-8-10-13-17;1-3(2)4(5)6/h8-10,12-13H,2-7,11,14-16H2,1H3;1H2,2H3,(H,5,6). The molecule has 0 spiro atoms. The van der Waals surface area contributed by atoms with Crippen LogP contribution in [0.2, 0.25) is 0 Å². The quantitative estimate of drug-likeness (QED) is 0.378. The zero-order chi connectivity index (χ0) is 18.8. The summed E-state index contributed by atoms with van der Waals surface area (Å²) in [5.41, 5.74) is 0.176. The van der Waals surface area contributed by atoms with Crippen molar-refractivity contribution in [2.45, 2.75) is 58.8 Å². The van der Waals surface area contributed by atoms with Crippen molar-refractivity contribution >= 4 is 5.97 Å². The third-order valence-electron chi connectivity index (χ3n) is 3.50. The van der Waals surface area contributed by atoms with Gasteiger partial charge in [0, 0.05) is 12.2 Å². The lowest BCUT2D eigenvalue weighted by Gasteiger charge is -2.07. The van der Waals surface area contributed by atoms with E-state index in [4.69, 9.17) is 14.6 Å². The zero-order valence-electron chi connectivity index (χ0n) is 15.8. The van der Waals surface area contributed by atoms with E-state index in [0.717, 1.165) is 12.4 Å². The highest BCUT2D eigenvalue weighted by molar-refractivity contribution is 5.84. The van der Waals surface area contributed by atoms with Gasteiger partial charge in [0.2, 0.25) is 0 Å². The number of hydrogen-bond acceptors (Lipinski definition) is 3. The Balaban J connectivity index is 0.000000823. The summed E-state index contributed by atoms with van der Waals surface area (Å²) in [4.78, 5) is 9.60. The molecule has 0 amide bonds. The molecule has 1 N–H and O–H groups in total. The molecule has 0 heterocycles. The van der Waals surface area contributed by atoms with Crippen molar-refractivity contribution in [2.24, 2.45) is 0 Å².